The minimum absolute atomic E-state index is 0.0513. The van der Waals surface area contributed by atoms with E-state index in [-0.39, 0.29) is 18.7 Å². The summed E-state index contributed by atoms with van der Waals surface area (Å²) < 4.78 is 26.4. The highest BCUT2D eigenvalue weighted by atomic mass is 19.2. The number of hydrogen-bond acceptors (Lipinski definition) is 5. The Bertz CT molecular complexity index is 761. The van der Waals surface area contributed by atoms with E-state index in [0.717, 1.165) is 18.6 Å². The zero-order valence-corrected chi connectivity index (χ0v) is 16.0. The quantitative estimate of drug-likeness (QED) is 0.381. The molecule has 2 rings (SSSR count). The van der Waals surface area contributed by atoms with Crippen LogP contribution in [0.1, 0.15) is 39.0 Å². The molecule has 160 valence electrons. The van der Waals surface area contributed by atoms with Crippen LogP contribution < -0.4 is 10.8 Å². The molecule has 29 heavy (non-hydrogen) atoms. The summed E-state index contributed by atoms with van der Waals surface area (Å²) in [7, 11) is 0. The number of nitrogens with zero attached hydrogens (tertiary/aromatic N) is 1. The molecule has 0 bridgehead atoms. The number of aliphatic hydroxyl groups excluding tert-OH is 1. The predicted molar refractivity (Wildman–Crippen MR) is 98.7 cm³/mol. The van der Waals surface area contributed by atoms with Crippen molar-refractivity contribution in [3.05, 3.63) is 29.8 Å². The normalized spacial score (nSPS) is 18.2. The van der Waals surface area contributed by atoms with E-state index in [4.69, 9.17) is 5.21 Å². The lowest BCUT2D eigenvalue weighted by atomic mass is 9.93. The first kappa shape index (κ1) is 22.7. The smallest absolute Gasteiger partial charge is 0.272 e. The molecule has 1 aliphatic rings. The molecule has 0 aromatic heterocycles. The number of halogens is 2. The van der Waals surface area contributed by atoms with Crippen LogP contribution in [0.25, 0.3) is 0 Å². The molecule has 1 aromatic carbocycles. The summed E-state index contributed by atoms with van der Waals surface area (Å²) in [6.45, 7) is 2.14. The second-order valence-electron chi connectivity index (χ2n) is 6.98. The lowest BCUT2D eigenvalue weighted by molar-refractivity contribution is -0.152. The molecule has 8 nitrogen and oxygen atoms in total. The zero-order valence-electron chi connectivity index (χ0n) is 16.0. The molecule has 3 unspecified atom stereocenters. The van der Waals surface area contributed by atoms with Gasteiger partial charge in [0.1, 0.15) is 12.1 Å². The SMILES string of the molecule is CCCCC(C(=O)N1CCCC1C(=O)Nc1ccc(F)c(F)c1)C(O)C(=O)NO. The van der Waals surface area contributed by atoms with E-state index in [2.05, 4.69) is 5.32 Å². The van der Waals surface area contributed by atoms with Crippen molar-refractivity contribution >= 4 is 23.4 Å². The number of carbonyl (C=O) groups excluding carboxylic acids is 3. The third-order valence-corrected chi connectivity index (χ3v) is 4.97. The minimum atomic E-state index is -1.76. The molecular weight excluding hydrogens is 388 g/mol. The van der Waals surface area contributed by atoms with Crippen LogP contribution in [0.4, 0.5) is 14.5 Å². The Hall–Kier alpha value is -2.59. The van der Waals surface area contributed by atoms with Crippen LogP contribution in [-0.4, -0.2) is 51.6 Å². The maximum absolute atomic E-state index is 13.4. The van der Waals surface area contributed by atoms with Gasteiger partial charge in [0.25, 0.3) is 5.91 Å². The fourth-order valence-corrected chi connectivity index (χ4v) is 3.40. The third kappa shape index (κ3) is 5.48. The Morgan fingerprint density at radius 1 is 1.28 bits per heavy atom. The Balaban J connectivity index is 2.15. The van der Waals surface area contributed by atoms with Gasteiger partial charge in [-0.1, -0.05) is 19.8 Å². The lowest BCUT2D eigenvalue weighted by Crippen LogP contribution is -2.50. The molecule has 3 atom stereocenters. The zero-order chi connectivity index (χ0) is 21.6. The van der Waals surface area contributed by atoms with Crippen molar-refractivity contribution in [2.45, 2.75) is 51.2 Å². The van der Waals surface area contributed by atoms with E-state index >= 15 is 0 Å². The van der Waals surface area contributed by atoms with E-state index in [0.29, 0.717) is 19.3 Å². The molecule has 1 aliphatic heterocycles. The molecule has 0 spiro atoms. The highest BCUT2D eigenvalue weighted by Crippen LogP contribution is 2.25. The average Bonchev–Trinajstić information content (AvgIpc) is 3.20. The molecule has 0 saturated carbocycles. The monoisotopic (exact) mass is 413 g/mol. The van der Waals surface area contributed by atoms with Crippen LogP contribution >= 0.6 is 0 Å². The number of nitrogens with one attached hydrogen (secondary N) is 2. The third-order valence-electron chi connectivity index (χ3n) is 4.97. The maximum Gasteiger partial charge on any atom is 0.272 e. The van der Waals surface area contributed by atoms with Gasteiger partial charge in [-0.25, -0.2) is 14.3 Å². The number of benzene rings is 1. The summed E-state index contributed by atoms with van der Waals surface area (Å²) in [5, 5.41) is 21.4. The Labute approximate surface area is 166 Å². The number of likely N-dealkylation sites (tertiary alicyclic amines) is 1. The van der Waals surface area contributed by atoms with Crippen molar-refractivity contribution in [2.75, 3.05) is 11.9 Å². The molecule has 3 amide bonds. The fourth-order valence-electron chi connectivity index (χ4n) is 3.40. The summed E-state index contributed by atoms with van der Waals surface area (Å²) in [4.78, 5) is 38.5. The first-order valence-corrected chi connectivity index (χ1v) is 9.48. The van der Waals surface area contributed by atoms with Gasteiger partial charge in [-0.2, -0.15) is 0 Å². The van der Waals surface area contributed by atoms with Crippen LogP contribution in [0.15, 0.2) is 18.2 Å². The van der Waals surface area contributed by atoms with E-state index in [1.807, 2.05) is 6.92 Å². The van der Waals surface area contributed by atoms with Crippen LogP contribution in [0, 0.1) is 17.6 Å². The molecule has 1 saturated heterocycles. The number of hydroxylamine groups is 1. The van der Waals surface area contributed by atoms with Gasteiger partial charge in [-0.3, -0.25) is 19.6 Å². The molecule has 4 N–H and O–H groups in total. The predicted octanol–water partition coefficient (Wildman–Crippen LogP) is 1.57. The number of anilines is 1. The average molecular weight is 413 g/mol. The first-order chi connectivity index (χ1) is 13.8. The van der Waals surface area contributed by atoms with Crippen LogP contribution in [0.5, 0.6) is 0 Å². The summed E-state index contributed by atoms with van der Waals surface area (Å²) >= 11 is 0. The van der Waals surface area contributed by atoms with Crippen molar-refractivity contribution in [2.24, 2.45) is 5.92 Å². The topological polar surface area (TPSA) is 119 Å². The molecule has 1 fully saturated rings. The minimum Gasteiger partial charge on any atom is -0.382 e. The van der Waals surface area contributed by atoms with Gasteiger partial charge in [0.05, 0.1) is 5.92 Å². The number of rotatable bonds is 8. The molecule has 0 aliphatic carbocycles. The number of carbonyl (C=O) groups is 3. The van der Waals surface area contributed by atoms with Crippen molar-refractivity contribution < 1.29 is 33.5 Å². The molecule has 1 aromatic rings. The fraction of sp³-hybridized carbons (Fsp3) is 0.526. The van der Waals surface area contributed by atoms with E-state index < -0.39 is 47.4 Å². The second-order valence-corrected chi connectivity index (χ2v) is 6.98. The van der Waals surface area contributed by atoms with Gasteiger partial charge in [0, 0.05) is 18.3 Å². The number of amides is 3. The summed E-state index contributed by atoms with van der Waals surface area (Å²) in [5.74, 6) is -5.51. The summed E-state index contributed by atoms with van der Waals surface area (Å²) in [6.07, 6.45) is 0.615. The highest BCUT2D eigenvalue weighted by molar-refractivity contribution is 5.98. The van der Waals surface area contributed by atoms with Crippen molar-refractivity contribution in [1.29, 1.82) is 0 Å². The van der Waals surface area contributed by atoms with Crippen molar-refractivity contribution in [3.63, 3.8) is 0 Å². The Morgan fingerprint density at radius 2 is 2.00 bits per heavy atom. The molecular formula is C19H25F2N3O5. The standard InChI is InChI=1S/C19H25F2N3O5/c1-2-3-5-12(16(25)18(27)23-29)19(28)24-9-4-6-15(24)17(26)22-11-7-8-13(20)14(21)10-11/h7-8,10,12,15-16,25,29H,2-6,9H2,1H3,(H,22,26)(H,23,27). The molecule has 0 radical (unpaired) electrons. The number of hydrogen-bond donors (Lipinski definition) is 4. The van der Waals surface area contributed by atoms with Gasteiger partial charge in [-0.15, -0.1) is 0 Å². The van der Waals surface area contributed by atoms with Crippen LogP contribution in [0.2, 0.25) is 0 Å². The van der Waals surface area contributed by atoms with E-state index in [9.17, 15) is 28.3 Å². The first-order valence-electron chi connectivity index (χ1n) is 9.48. The van der Waals surface area contributed by atoms with Crippen LogP contribution in [0.3, 0.4) is 0 Å². The van der Waals surface area contributed by atoms with Gasteiger partial charge < -0.3 is 15.3 Å². The second kappa shape index (κ2) is 10.3. The lowest BCUT2D eigenvalue weighted by Gasteiger charge is -2.30. The van der Waals surface area contributed by atoms with Crippen molar-refractivity contribution in [3.8, 4) is 0 Å². The molecule has 10 heteroatoms. The highest BCUT2D eigenvalue weighted by Gasteiger charge is 2.41. The largest absolute Gasteiger partial charge is 0.382 e. The van der Waals surface area contributed by atoms with Gasteiger partial charge in [-0.05, 0) is 31.4 Å². The maximum atomic E-state index is 13.4. The van der Waals surface area contributed by atoms with Crippen molar-refractivity contribution in [1.82, 2.24) is 10.4 Å². The molecule has 1 heterocycles. The Morgan fingerprint density at radius 3 is 2.62 bits per heavy atom. The number of unbranched alkanes of at least 4 members (excludes halogenated alkanes) is 1. The van der Waals surface area contributed by atoms with E-state index in [1.165, 1.54) is 16.4 Å². The summed E-state index contributed by atoms with van der Waals surface area (Å²) in [5.41, 5.74) is 1.39. The summed E-state index contributed by atoms with van der Waals surface area (Å²) in [6, 6.07) is 2.06. The van der Waals surface area contributed by atoms with E-state index in [1.54, 1.807) is 0 Å². The van der Waals surface area contributed by atoms with Gasteiger partial charge in [0.2, 0.25) is 11.8 Å². The van der Waals surface area contributed by atoms with Gasteiger partial charge in [0.15, 0.2) is 11.6 Å². The van der Waals surface area contributed by atoms with Crippen LogP contribution in [-0.2, 0) is 14.4 Å². The van der Waals surface area contributed by atoms with Gasteiger partial charge >= 0.3 is 0 Å². The Kier molecular flexibility index (Phi) is 8.03. The number of aliphatic hydroxyl groups is 1.